The second-order valence-electron chi connectivity index (χ2n) is 13.4. The summed E-state index contributed by atoms with van der Waals surface area (Å²) in [7, 11) is -1.42. The summed E-state index contributed by atoms with van der Waals surface area (Å²) in [5, 5.41) is 1.58. The van der Waals surface area contributed by atoms with Crippen molar-refractivity contribution in [3.05, 3.63) is 65.2 Å². The van der Waals surface area contributed by atoms with Gasteiger partial charge >= 0.3 is 0 Å². The van der Waals surface area contributed by atoms with E-state index >= 15 is 0 Å². The lowest BCUT2D eigenvalue weighted by molar-refractivity contribution is 0.487. The SMILES string of the molecule is CC(C)(C)c1ccc([C@H](NS(=O)C(C)(C)C)c2ccccc2P(C2CCCCC2)C2CCCCC2)cc1. The van der Waals surface area contributed by atoms with Gasteiger partial charge in [-0.15, -0.1) is 0 Å². The molecule has 2 aromatic rings. The largest absolute Gasteiger partial charge is 0.242 e. The average molecular weight is 540 g/mol. The summed E-state index contributed by atoms with van der Waals surface area (Å²) in [6, 6.07) is 18.3. The fourth-order valence-electron chi connectivity index (χ4n) is 6.15. The molecule has 0 radical (unpaired) electrons. The van der Waals surface area contributed by atoms with Gasteiger partial charge in [-0.1, -0.05) is 116 Å². The van der Waals surface area contributed by atoms with E-state index < -0.39 is 11.0 Å². The van der Waals surface area contributed by atoms with Crippen molar-refractivity contribution in [2.75, 3.05) is 0 Å². The van der Waals surface area contributed by atoms with Crippen LogP contribution in [0.15, 0.2) is 48.5 Å². The van der Waals surface area contributed by atoms with E-state index in [9.17, 15) is 4.21 Å². The highest BCUT2D eigenvalue weighted by molar-refractivity contribution is 7.84. The molecule has 204 valence electrons. The molecule has 2 aliphatic carbocycles. The number of nitrogens with one attached hydrogen (secondary N) is 1. The van der Waals surface area contributed by atoms with E-state index in [1.54, 1.807) is 5.30 Å². The molecule has 2 atom stereocenters. The van der Waals surface area contributed by atoms with Crippen molar-refractivity contribution >= 4 is 24.2 Å². The van der Waals surface area contributed by atoms with Gasteiger partial charge in [-0.3, -0.25) is 0 Å². The van der Waals surface area contributed by atoms with Crippen LogP contribution < -0.4 is 10.0 Å². The second-order valence-corrected chi connectivity index (χ2v) is 18.1. The minimum atomic E-state index is -1.16. The predicted octanol–water partition coefficient (Wildman–Crippen LogP) is 8.90. The van der Waals surface area contributed by atoms with Gasteiger partial charge in [0, 0.05) is 0 Å². The lowest BCUT2D eigenvalue weighted by Crippen LogP contribution is -2.38. The highest BCUT2D eigenvalue weighted by atomic mass is 32.2. The van der Waals surface area contributed by atoms with E-state index in [1.165, 1.54) is 80.9 Å². The molecule has 2 fully saturated rings. The zero-order valence-corrected chi connectivity index (χ0v) is 25.9. The molecular weight excluding hydrogens is 489 g/mol. The van der Waals surface area contributed by atoms with Crippen molar-refractivity contribution in [1.82, 2.24) is 4.72 Å². The van der Waals surface area contributed by atoms with Crippen molar-refractivity contribution < 1.29 is 4.21 Å². The Balaban J connectivity index is 1.80. The third-order valence-corrected chi connectivity index (χ3v) is 13.5. The topological polar surface area (TPSA) is 29.1 Å². The molecule has 4 heteroatoms. The van der Waals surface area contributed by atoms with Crippen LogP contribution in [-0.4, -0.2) is 20.3 Å². The average Bonchev–Trinajstić information content (AvgIpc) is 2.88. The Morgan fingerprint density at radius 3 is 1.76 bits per heavy atom. The molecule has 2 aromatic carbocycles. The van der Waals surface area contributed by atoms with Crippen molar-refractivity contribution in [2.45, 2.75) is 133 Å². The van der Waals surface area contributed by atoms with Crippen molar-refractivity contribution in [2.24, 2.45) is 0 Å². The number of hydrogen-bond donors (Lipinski definition) is 1. The van der Waals surface area contributed by atoms with Gasteiger partial charge in [0.1, 0.15) is 0 Å². The van der Waals surface area contributed by atoms with Crippen LogP contribution in [0.2, 0.25) is 0 Å². The highest BCUT2D eigenvalue weighted by Crippen LogP contribution is 2.56. The quantitative estimate of drug-likeness (QED) is 0.350. The molecule has 0 aromatic heterocycles. The van der Waals surface area contributed by atoms with Crippen LogP contribution in [0.1, 0.15) is 128 Å². The molecule has 4 rings (SSSR count). The van der Waals surface area contributed by atoms with E-state index in [1.807, 2.05) is 0 Å². The van der Waals surface area contributed by atoms with Crippen LogP contribution in [-0.2, 0) is 16.4 Å². The third kappa shape index (κ3) is 7.34. The molecule has 1 unspecified atom stereocenters. The van der Waals surface area contributed by atoms with E-state index in [2.05, 4.69) is 94.8 Å². The molecule has 0 bridgehead atoms. The Hall–Kier alpha value is -1.02. The van der Waals surface area contributed by atoms with Gasteiger partial charge in [0.05, 0.1) is 21.8 Å². The standard InChI is InChI=1S/C33H50NOPS/c1-32(2,3)26-23-21-25(22-24-26)31(34-37(35)33(4,5)6)29-19-13-14-20-30(29)36(27-15-9-7-10-16-27)28-17-11-8-12-18-28/h13-14,19-24,27-28,31,34H,7-12,15-18H2,1-6H3/t31-,37?/m0/s1. The zero-order valence-electron chi connectivity index (χ0n) is 24.2. The maximum atomic E-state index is 13.5. The first-order chi connectivity index (χ1) is 17.6. The number of benzene rings is 2. The van der Waals surface area contributed by atoms with Crippen molar-refractivity contribution in [3.8, 4) is 0 Å². The Labute approximate surface area is 231 Å². The predicted molar refractivity (Wildman–Crippen MR) is 165 cm³/mol. The molecule has 0 heterocycles. The van der Waals surface area contributed by atoms with Crippen molar-refractivity contribution in [1.29, 1.82) is 0 Å². The summed E-state index contributed by atoms with van der Waals surface area (Å²) in [6.45, 7) is 13.0. The zero-order chi connectivity index (χ0) is 26.6. The summed E-state index contributed by atoms with van der Waals surface area (Å²) in [5.41, 5.74) is 5.72. The van der Waals surface area contributed by atoms with Crippen LogP contribution in [0.5, 0.6) is 0 Å². The normalized spacial score (nSPS) is 20.2. The van der Waals surface area contributed by atoms with Gasteiger partial charge in [0.2, 0.25) is 0 Å². The minimum absolute atomic E-state index is 0.0672. The van der Waals surface area contributed by atoms with Gasteiger partial charge in [-0.2, -0.15) is 0 Å². The van der Waals surface area contributed by atoms with E-state index in [0.29, 0.717) is 0 Å². The first kappa shape index (κ1) is 29.0. The fraction of sp³-hybridized carbons (Fsp3) is 0.636. The summed E-state index contributed by atoms with van der Waals surface area (Å²) in [6.07, 6.45) is 13.9. The monoisotopic (exact) mass is 539 g/mol. The first-order valence-corrected chi connectivity index (χ1v) is 17.3. The van der Waals surface area contributed by atoms with Crippen LogP contribution in [0.25, 0.3) is 0 Å². The van der Waals surface area contributed by atoms with Crippen LogP contribution in [0.3, 0.4) is 0 Å². The van der Waals surface area contributed by atoms with Gasteiger partial charge < -0.3 is 0 Å². The molecule has 1 N–H and O–H groups in total. The smallest absolute Gasteiger partial charge is 0.0979 e. The van der Waals surface area contributed by atoms with E-state index in [-0.39, 0.29) is 24.1 Å². The second kappa shape index (κ2) is 12.4. The summed E-state index contributed by atoms with van der Waals surface area (Å²) < 4.78 is 16.8. The molecule has 2 aliphatic rings. The molecule has 2 saturated carbocycles. The van der Waals surface area contributed by atoms with Crippen molar-refractivity contribution in [3.63, 3.8) is 0 Å². The molecular formula is C33H50NOPS. The molecule has 0 spiro atoms. The van der Waals surface area contributed by atoms with E-state index in [0.717, 1.165) is 11.3 Å². The maximum Gasteiger partial charge on any atom is 0.0979 e. The van der Waals surface area contributed by atoms with Crippen LogP contribution in [0, 0.1) is 0 Å². The van der Waals surface area contributed by atoms with Gasteiger partial charge in [0.25, 0.3) is 0 Å². The Morgan fingerprint density at radius 1 is 0.757 bits per heavy atom. The number of rotatable bonds is 7. The first-order valence-electron chi connectivity index (χ1n) is 14.7. The molecule has 37 heavy (non-hydrogen) atoms. The van der Waals surface area contributed by atoms with Gasteiger partial charge in [-0.05, 0) is 85.2 Å². The van der Waals surface area contributed by atoms with Gasteiger partial charge in [0.15, 0.2) is 0 Å². The van der Waals surface area contributed by atoms with E-state index in [4.69, 9.17) is 0 Å². The van der Waals surface area contributed by atoms with Gasteiger partial charge in [-0.25, -0.2) is 8.93 Å². The summed E-state index contributed by atoms with van der Waals surface area (Å²) in [4.78, 5) is 0. The maximum absolute atomic E-state index is 13.5. The molecule has 0 saturated heterocycles. The molecule has 0 aliphatic heterocycles. The number of hydrogen-bond acceptors (Lipinski definition) is 1. The van der Waals surface area contributed by atoms with Crippen LogP contribution >= 0.6 is 7.92 Å². The Bertz CT molecular complexity index is 1010. The Kier molecular flexibility index (Phi) is 9.74. The summed E-state index contributed by atoms with van der Waals surface area (Å²) >= 11 is 0. The van der Waals surface area contributed by atoms with Crippen LogP contribution in [0.4, 0.5) is 0 Å². The minimum Gasteiger partial charge on any atom is -0.242 e. The lowest BCUT2D eigenvalue weighted by atomic mass is 9.86. The lowest BCUT2D eigenvalue weighted by Gasteiger charge is -2.40. The molecule has 2 nitrogen and oxygen atoms in total. The molecule has 0 amide bonds. The highest BCUT2D eigenvalue weighted by Gasteiger charge is 2.35. The summed E-state index contributed by atoms with van der Waals surface area (Å²) in [5.74, 6) is 0. The third-order valence-electron chi connectivity index (χ3n) is 8.35. The Morgan fingerprint density at radius 2 is 1.27 bits per heavy atom. The fourth-order valence-corrected chi connectivity index (χ4v) is 11.0.